The van der Waals surface area contributed by atoms with Gasteiger partial charge in [-0.25, -0.2) is 0 Å². The molecule has 0 amide bonds. The molecule has 0 saturated carbocycles. The van der Waals surface area contributed by atoms with Crippen LogP contribution < -0.4 is 5.32 Å². The Morgan fingerprint density at radius 1 is 1.25 bits per heavy atom. The number of alkyl halides is 3. The molecule has 0 heterocycles. The molecule has 1 aromatic carbocycles. The highest BCUT2D eigenvalue weighted by Crippen LogP contribution is 2.29. The van der Waals surface area contributed by atoms with Gasteiger partial charge in [0.25, 0.3) is 0 Å². The third-order valence-corrected chi connectivity index (χ3v) is 2.71. The van der Waals surface area contributed by atoms with E-state index < -0.39 is 17.8 Å². The third kappa shape index (κ3) is 6.25. The molecule has 0 aliphatic heterocycles. The summed E-state index contributed by atoms with van der Waals surface area (Å²) in [6.07, 6.45) is -3.04. The van der Waals surface area contributed by atoms with Gasteiger partial charge in [0, 0.05) is 18.8 Å². The average Bonchev–Trinajstić information content (AvgIpc) is 2.41. The number of hydrogen-bond acceptors (Lipinski definition) is 3. The van der Waals surface area contributed by atoms with Gasteiger partial charge in [-0.1, -0.05) is 13.3 Å². The molecule has 1 atom stereocenters. The standard InChI is InChI=1S/C14H20F3NO2/c1-2-3-8-20-10-13(19)9-18-12-6-4-11(5-7-12)14(15,16)17/h4-7,13,18-19H,2-3,8-10H2,1H3. The molecular formula is C14H20F3NO2. The fourth-order valence-corrected chi connectivity index (χ4v) is 1.54. The summed E-state index contributed by atoms with van der Waals surface area (Å²) in [6, 6.07) is 4.69. The zero-order valence-electron chi connectivity index (χ0n) is 11.4. The lowest BCUT2D eigenvalue weighted by Crippen LogP contribution is -2.25. The van der Waals surface area contributed by atoms with Crippen LogP contribution in [-0.2, 0) is 10.9 Å². The van der Waals surface area contributed by atoms with Crippen molar-refractivity contribution in [2.75, 3.05) is 25.1 Å². The van der Waals surface area contributed by atoms with Gasteiger partial charge < -0.3 is 15.2 Å². The normalized spacial score (nSPS) is 13.2. The number of ether oxygens (including phenoxy) is 1. The van der Waals surface area contributed by atoms with Gasteiger partial charge in [0.15, 0.2) is 0 Å². The maximum absolute atomic E-state index is 12.4. The lowest BCUT2D eigenvalue weighted by atomic mass is 10.2. The van der Waals surface area contributed by atoms with Crippen molar-refractivity contribution in [3.05, 3.63) is 29.8 Å². The molecule has 1 aromatic rings. The van der Waals surface area contributed by atoms with E-state index in [0.717, 1.165) is 25.0 Å². The topological polar surface area (TPSA) is 41.5 Å². The number of halogens is 3. The van der Waals surface area contributed by atoms with Crippen molar-refractivity contribution in [2.24, 2.45) is 0 Å². The minimum absolute atomic E-state index is 0.216. The number of benzene rings is 1. The van der Waals surface area contributed by atoms with E-state index >= 15 is 0 Å². The van der Waals surface area contributed by atoms with Crippen LogP contribution in [0.4, 0.5) is 18.9 Å². The van der Waals surface area contributed by atoms with Gasteiger partial charge in [-0.3, -0.25) is 0 Å². The summed E-state index contributed by atoms with van der Waals surface area (Å²) < 4.78 is 42.3. The molecule has 0 bridgehead atoms. The fraction of sp³-hybridized carbons (Fsp3) is 0.571. The monoisotopic (exact) mass is 291 g/mol. The van der Waals surface area contributed by atoms with Crippen LogP contribution in [0.3, 0.4) is 0 Å². The van der Waals surface area contributed by atoms with E-state index in [1.165, 1.54) is 12.1 Å². The van der Waals surface area contributed by atoms with Crippen molar-refractivity contribution in [3.63, 3.8) is 0 Å². The minimum Gasteiger partial charge on any atom is -0.389 e. The van der Waals surface area contributed by atoms with E-state index in [1.54, 1.807) is 0 Å². The molecule has 6 heteroatoms. The first-order chi connectivity index (χ1) is 9.43. The van der Waals surface area contributed by atoms with E-state index in [-0.39, 0.29) is 13.2 Å². The van der Waals surface area contributed by atoms with Gasteiger partial charge in [0.05, 0.1) is 18.3 Å². The fourth-order valence-electron chi connectivity index (χ4n) is 1.54. The van der Waals surface area contributed by atoms with Crippen molar-refractivity contribution in [3.8, 4) is 0 Å². The van der Waals surface area contributed by atoms with Crippen molar-refractivity contribution in [1.82, 2.24) is 0 Å². The van der Waals surface area contributed by atoms with Crippen LogP contribution in [0.2, 0.25) is 0 Å². The van der Waals surface area contributed by atoms with Gasteiger partial charge >= 0.3 is 6.18 Å². The van der Waals surface area contributed by atoms with Crippen LogP contribution in [0, 0.1) is 0 Å². The molecule has 0 aliphatic carbocycles. The average molecular weight is 291 g/mol. The highest BCUT2D eigenvalue weighted by atomic mass is 19.4. The number of aliphatic hydroxyl groups is 1. The number of aliphatic hydroxyl groups excluding tert-OH is 1. The minimum atomic E-state index is -4.33. The van der Waals surface area contributed by atoms with E-state index in [2.05, 4.69) is 5.32 Å². The van der Waals surface area contributed by atoms with Gasteiger partial charge in [0.2, 0.25) is 0 Å². The van der Waals surface area contributed by atoms with Crippen LogP contribution in [0.15, 0.2) is 24.3 Å². The first kappa shape index (κ1) is 16.8. The lowest BCUT2D eigenvalue weighted by Gasteiger charge is -2.14. The predicted octanol–water partition coefficient (Wildman–Crippen LogP) is 3.29. The Hall–Kier alpha value is -1.27. The third-order valence-electron chi connectivity index (χ3n) is 2.71. The van der Waals surface area contributed by atoms with Crippen molar-refractivity contribution < 1.29 is 23.0 Å². The molecule has 1 unspecified atom stereocenters. The molecule has 0 spiro atoms. The van der Waals surface area contributed by atoms with Crippen molar-refractivity contribution in [1.29, 1.82) is 0 Å². The summed E-state index contributed by atoms with van der Waals surface area (Å²) in [5, 5.41) is 12.5. The molecular weight excluding hydrogens is 271 g/mol. The Morgan fingerprint density at radius 3 is 2.45 bits per heavy atom. The van der Waals surface area contributed by atoms with Crippen LogP contribution in [0.5, 0.6) is 0 Å². The Balaban J connectivity index is 2.31. The van der Waals surface area contributed by atoms with E-state index in [0.29, 0.717) is 12.3 Å². The second kappa shape index (κ2) is 8.11. The molecule has 0 saturated heterocycles. The Kier molecular flexibility index (Phi) is 6.81. The summed E-state index contributed by atoms with van der Waals surface area (Å²) in [4.78, 5) is 0. The molecule has 0 radical (unpaired) electrons. The van der Waals surface area contributed by atoms with Gasteiger partial charge in [0.1, 0.15) is 0 Å². The lowest BCUT2D eigenvalue weighted by molar-refractivity contribution is -0.137. The Bertz CT molecular complexity index is 379. The summed E-state index contributed by atoms with van der Waals surface area (Å²) in [6.45, 7) is 3.10. The first-order valence-corrected chi connectivity index (χ1v) is 6.60. The number of rotatable bonds is 8. The molecule has 1 rings (SSSR count). The summed E-state index contributed by atoms with van der Waals surface area (Å²) in [7, 11) is 0. The Labute approximate surface area is 116 Å². The van der Waals surface area contributed by atoms with Gasteiger partial charge in [-0.2, -0.15) is 13.2 Å². The zero-order valence-corrected chi connectivity index (χ0v) is 11.4. The molecule has 0 aliphatic rings. The Morgan fingerprint density at radius 2 is 1.90 bits per heavy atom. The van der Waals surface area contributed by atoms with Gasteiger partial charge in [-0.15, -0.1) is 0 Å². The molecule has 2 N–H and O–H groups in total. The highest BCUT2D eigenvalue weighted by Gasteiger charge is 2.29. The van der Waals surface area contributed by atoms with Crippen LogP contribution in [-0.4, -0.2) is 31.0 Å². The predicted molar refractivity (Wildman–Crippen MR) is 71.7 cm³/mol. The molecule has 20 heavy (non-hydrogen) atoms. The molecule has 0 fully saturated rings. The summed E-state index contributed by atoms with van der Waals surface area (Å²) >= 11 is 0. The number of anilines is 1. The molecule has 0 aromatic heterocycles. The molecule has 3 nitrogen and oxygen atoms in total. The number of hydrogen-bond donors (Lipinski definition) is 2. The number of unbranched alkanes of at least 4 members (excludes halogenated alkanes) is 1. The largest absolute Gasteiger partial charge is 0.416 e. The maximum atomic E-state index is 12.4. The zero-order chi connectivity index (χ0) is 15.0. The van der Waals surface area contributed by atoms with E-state index in [4.69, 9.17) is 4.74 Å². The van der Waals surface area contributed by atoms with Crippen LogP contribution >= 0.6 is 0 Å². The summed E-state index contributed by atoms with van der Waals surface area (Å²) in [5.41, 5.74) is -0.155. The van der Waals surface area contributed by atoms with E-state index in [1.807, 2.05) is 6.92 Å². The number of nitrogens with one attached hydrogen (secondary N) is 1. The van der Waals surface area contributed by atoms with Gasteiger partial charge in [-0.05, 0) is 30.7 Å². The highest BCUT2D eigenvalue weighted by molar-refractivity contribution is 5.45. The van der Waals surface area contributed by atoms with E-state index in [9.17, 15) is 18.3 Å². The SMILES string of the molecule is CCCCOCC(O)CNc1ccc(C(F)(F)F)cc1. The first-order valence-electron chi connectivity index (χ1n) is 6.60. The van der Waals surface area contributed by atoms with Crippen molar-refractivity contribution >= 4 is 5.69 Å². The van der Waals surface area contributed by atoms with Crippen molar-refractivity contribution in [2.45, 2.75) is 32.0 Å². The van der Waals surface area contributed by atoms with Crippen LogP contribution in [0.25, 0.3) is 0 Å². The summed E-state index contributed by atoms with van der Waals surface area (Å²) in [5.74, 6) is 0. The second-order valence-electron chi connectivity index (χ2n) is 4.54. The smallest absolute Gasteiger partial charge is 0.389 e. The maximum Gasteiger partial charge on any atom is 0.416 e. The molecule has 114 valence electrons. The quantitative estimate of drug-likeness (QED) is 0.722. The second-order valence-corrected chi connectivity index (χ2v) is 4.54. The van der Waals surface area contributed by atoms with Crippen LogP contribution in [0.1, 0.15) is 25.3 Å².